The summed E-state index contributed by atoms with van der Waals surface area (Å²) in [6.07, 6.45) is 3.41. The predicted octanol–water partition coefficient (Wildman–Crippen LogP) is 3.18. The van der Waals surface area contributed by atoms with Crippen molar-refractivity contribution < 1.29 is 4.79 Å². The molecule has 1 saturated heterocycles. The molecule has 1 aliphatic rings. The van der Waals surface area contributed by atoms with E-state index in [4.69, 9.17) is 17.3 Å². The van der Waals surface area contributed by atoms with Crippen molar-refractivity contribution in [1.82, 2.24) is 4.90 Å². The quantitative estimate of drug-likeness (QED) is 0.836. The lowest BCUT2D eigenvalue weighted by Gasteiger charge is -2.32. The Labute approximate surface area is 113 Å². The van der Waals surface area contributed by atoms with E-state index in [9.17, 15) is 4.79 Å². The fourth-order valence-electron chi connectivity index (χ4n) is 2.46. The van der Waals surface area contributed by atoms with Crippen LogP contribution in [0.1, 0.15) is 36.5 Å². The molecule has 0 aromatic heterocycles. The Balaban J connectivity index is 2.17. The molecule has 0 saturated carbocycles. The molecule has 1 amide bonds. The second kappa shape index (κ2) is 5.61. The van der Waals surface area contributed by atoms with Crippen LogP contribution >= 0.6 is 11.6 Å². The molecule has 2 N–H and O–H groups in total. The molecule has 1 heterocycles. The van der Waals surface area contributed by atoms with Crippen LogP contribution in [0.2, 0.25) is 5.02 Å². The third-order valence-corrected chi connectivity index (χ3v) is 3.93. The first kappa shape index (κ1) is 13.2. The molecule has 0 aliphatic carbocycles. The average molecular weight is 267 g/mol. The van der Waals surface area contributed by atoms with Crippen molar-refractivity contribution in [3.05, 3.63) is 28.8 Å². The van der Waals surface area contributed by atoms with Crippen LogP contribution in [0.5, 0.6) is 0 Å². The summed E-state index contributed by atoms with van der Waals surface area (Å²) in [5, 5.41) is 0.479. The van der Waals surface area contributed by atoms with Crippen LogP contribution in [0.3, 0.4) is 0 Å². The predicted molar refractivity (Wildman–Crippen MR) is 74.8 cm³/mol. The summed E-state index contributed by atoms with van der Waals surface area (Å²) in [5.41, 5.74) is 6.82. The normalized spacial score (nSPS) is 19.9. The van der Waals surface area contributed by atoms with Gasteiger partial charge in [-0.2, -0.15) is 0 Å². The van der Waals surface area contributed by atoms with Crippen LogP contribution in [0.15, 0.2) is 18.2 Å². The summed E-state index contributed by atoms with van der Waals surface area (Å²) < 4.78 is 0. The first-order chi connectivity index (χ1) is 8.61. The van der Waals surface area contributed by atoms with Crippen molar-refractivity contribution in [3.8, 4) is 0 Å². The van der Waals surface area contributed by atoms with Gasteiger partial charge in [-0.15, -0.1) is 0 Å². The zero-order valence-corrected chi connectivity index (χ0v) is 11.4. The minimum absolute atomic E-state index is 0.00505. The van der Waals surface area contributed by atoms with Gasteiger partial charge in [-0.05, 0) is 37.0 Å². The number of hydrogen-bond acceptors (Lipinski definition) is 2. The van der Waals surface area contributed by atoms with E-state index in [2.05, 4.69) is 6.92 Å². The Hall–Kier alpha value is -1.22. The van der Waals surface area contributed by atoms with Crippen LogP contribution in [-0.2, 0) is 0 Å². The topological polar surface area (TPSA) is 46.3 Å². The smallest absolute Gasteiger partial charge is 0.255 e. The lowest BCUT2D eigenvalue weighted by Crippen LogP contribution is -2.39. The Bertz CT molecular complexity index is 447. The summed E-state index contributed by atoms with van der Waals surface area (Å²) >= 11 is 6.08. The fraction of sp³-hybridized carbons (Fsp3) is 0.500. The van der Waals surface area contributed by atoms with Gasteiger partial charge in [0.05, 0.1) is 10.6 Å². The molecule has 0 radical (unpaired) electrons. The number of benzene rings is 1. The van der Waals surface area contributed by atoms with Crippen molar-refractivity contribution in [1.29, 1.82) is 0 Å². The van der Waals surface area contributed by atoms with Gasteiger partial charge in [0.25, 0.3) is 5.91 Å². The van der Waals surface area contributed by atoms with Crippen LogP contribution in [0.25, 0.3) is 0 Å². The lowest BCUT2D eigenvalue weighted by atomic mass is 9.95. The van der Waals surface area contributed by atoms with Crippen molar-refractivity contribution >= 4 is 23.2 Å². The third kappa shape index (κ3) is 2.78. The highest BCUT2D eigenvalue weighted by molar-refractivity contribution is 6.34. The van der Waals surface area contributed by atoms with E-state index >= 15 is 0 Å². The van der Waals surface area contributed by atoms with Gasteiger partial charge in [-0.25, -0.2) is 0 Å². The molecule has 98 valence electrons. The monoisotopic (exact) mass is 266 g/mol. The molecular weight excluding hydrogens is 248 g/mol. The highest BCUT2D eigenvalue weighted by Crippen LogP contribution is 2.24. The number of hydrogen-bond donors (Lipinski definition) is 1. The van der Waals surface area contributed by atoms with Crippen molar-refractivity contribution in [2.75, 3.05) is 18.8 Å². The minimum atomic E-state index is 0.00505. The number of nitrogens with two attached hydrogens (primary N) is 1. The first-order valence-electron chi connectivity index (χ1n) is 6.46. The Morgan fingerprint density at radius 3 is 3.06 bits per heavy atom. The molecular formula is C14H19ClN2O. The summed E-state index contributed by atoms with van der Waals surface area (Å²) in [6, 6.07) is 5.07. The Morgan fingerprint density at radius 1 is 1.56 bits per heavy atom. The molecule has 4 heteroatoms. The summed E-state index contributed by atoms with van der Waals surface area (Å²) in [5.74, 6) is 0.619. The molecule has 1 atom stereocenters. The zero-order chi connectivity index (χ0) is 13.1. The van der Waals surface area contributed by atoms with E-state index in [-0.39, 0.29) is 5.91 Å². The number of carbonyl (C=O) groups excluding carboxylic acids is 1. The largest absolute Gasteiger partial charge is 0.399 e. The van der Waals surface area contributed by atoms with Crippen LogP contribution in [-0.4, -0.2) is 23.9 Å². The van der Waals surface area contributed by atoms with E-state index in [0.717, 1.165) is 25.9 Å². The molecule has 0 spiro atoms. The van der Waals surface area contributed by atoms with Crippen LogP contribution in [0, 0.1) is 5.92 Å². The Morgan fingerprint density at radius 2 is 2.33 bits per heavy atom. The average Bonchev–Trinajstić information content (AvgIpc) is 2.41. The number of carbonyl (C=O) groups is 1. The standard InChI is InChI=1S/C14H19ClN2O/c1-2-10-4-3-7-17(9-10)14(18)12-8-11(16)5-6-13(12)15/h5-6,8,10H,2-4,7,9,16H2,1H3. The molecule has 1 aromatic rings. The molecule has 2 rings (SSSR count). The van der Waals surface area contributed by atoms with Gasteiger partial charge in [-0.3, -0.25) is 4.79 Å². The van der Waals surface area contributed by atoms with Crippen molar-refractivity contribution in [3.63, 3.8) is 0 Å². The van der Waals surface area contributed by atoms with Gasteiger partial charge >= 0.3 is 0 Å². The SMILES string of the molecule is CCC1CCCN(C(=O)c2cc(N)ccc2Cl)C1. The number of nitrogens with zero attached hydrogens (tertiary/aromatic N) is 1. The van der Waals surface area contributed by atoms with Crippen molar-refractivity contribution in [2.45, 2.75) is 26.2 Å². The highest BCUT2D eigenvalue weighted by Gasteiger charge is 2.24. The van der Waals surface area contributed by atoms with Crippen molar-refractivity contribution in [2.24, 2.45) is 5.92 Å². The van der Waals surface area contributed by atoms with Gasteiger partial charge in [0.2, 0.25) is 0 Å². The molecule has 18 heavy (non-hydrogen) atoms. The zero-order valence-electron chi connectivity index (χ0n) is 10.7. The molecule has 1 fully saturated rings. The number of amides is 1. The van der Waals surface area contributed by atoms with E-state index in [1.165, 1.54) is 6.42 Å². The number of rotatable bonds is 2. The van der Waals surface area contributed by atoms with Gasteiger partial charge < -0.3 is 10.6 Å². The lowest BCUT2D eigenvalue weighted by molar-refractivity contribution is 0.0671. The molecule has 1 unspecified atom stereocenters. The van der Waals surface area contributed by atoms with Gasteiger partial charge in [-0.1, -0.05) is 24.9 Å². The first-order valence-corrected chi connectivity index (χ1v) is 6.84. The Kier molecular flexibility index (Phi) is 4.12. The van der Waals surface area contributed by atoms with Gasteiger partial charge in [0, 0.05) is 18.8 Å². The number of halogens is 1. The summed E-state index contributed by atoms with van der Waals surface area (Å²) in [4.78, 5) is 14.3. The van der Waals surface area contributed by atoms with E-state index in [0.29, 0.717) is 22.2 Å². The number of anilines is 1. The fourth-order valence-corrected chi connectivity index (χ4v) is 2.66. The third-order valence-electron chi connectivity index (χ3n) is 3.60. The molecule has 0 bridgehead atoms. The van der Waals surface area contributed by atoms with Crippen LogP contribution < -0.4 is 5.73 Å². The molecule has 1 aliphatic heterocycles. The number of nitrogen functional groups attached to an aromatic ring is 1. The van der Waals surface area contributed by atoms with E-state index in [1.54, 1.807) is 18.2 Å². The second-order valence-corrected chi connectivity index (χ2v) is 5.31. The maximum absolute atomic E-state index is 12.4. The number of likely N-dealkylation sites (tertiary alicyclic amines) is 1. The van der Waals surface area contributed by atoms with Crippen LogP contribution in [0.4, 0.5) is 5.69 Å². The highest BCUT2D eigenvalue weighted by atomic mass is 35.5. The number of piperidine rings is 1. The van der Waals surface area contributed by atoms with E-state index < -0.39 is 0 Å². The molecule has 3 nitrogen and oxygen atoms in total. The van der Waals surface area contributed by atoms with Gasteiger partial charge in [0.1, 0.15) is 0 Å². The minimum Gasteiger partial charge on any atom is -0.399 e. The summed E-state index contributed by atoms with van der Waals surface area (Å²) in [7, 11) is 0. The van der Waals surface area contributed by atoms with E-state index in [1.807, 2.05) is 4.90 Å². The molecule has 1 aromatic carbocycles. The van der Waals surface area contributed by atoms with Gasteiger partial charge in [0.15, 0.2) is 0 Å². The maximum atomic E-state index is 12.4. The maximum Gasteiger partial charge on any atom is 0.255 e. The second-order valence-electron chi connectivity index (χ2n) is 4.91. The summed E-state index contributed by atoms with van der Waals surface area (Å²) in [6.45, 7) is 3.83.